The number of alkyl halides is 1. The molecule has 0 aromatic carbocycles. The van der Waals surface area contributed by atoms with E-state index in [4.69, 9.17) is 9.47 Å². The Morgan fingerprint density at radius 3 is 2.77 bits per heavy atom. The van der Waals surface area contributed by atoms with Crippen LogP contribution in [0.3, 0.4) is 0 Å². The summed E-state index contributed by atoms with van der Waals surface area (Å²) in [6.07, 6.45) is 10.0. The molecule has 0 aliphatic carbocycles. The van der Waals surface area contributed by atoms with Crippen LogP contribution in [-0.2, 0) is 14.3 Å². The first-order chi connectivity index (χ1) is 20.7. The number of carboxylic acids is 1. The lowest BCUT2D eigenvalue weighted by Crippen LogP contribution is -2.35. The Morgan fingerprint density at radius 2 is 2.09 bits per heavy atom. The Hall–Kier alpha value is -2.78. The predicted octanol–water partition coefficient (Wildman–Crippen LogP) is 7.33. The zero-order valence-electron chi connectivity index (χ0n) is 26.3. The molecule has 7 nitrogen and oxygen atoms in total. The van der Waals surface area contributed by atoms with E-state index in [0.29, 0.717) is 43.8 Å². The highest BCUT2D eigenvalue weighted by Gasteiger charge is 2.39. The summed E-state index contributed by atoms with van der Waals surface area (Å²) in [5, 5.41) is 13.6. The Kier molecular flexibility index (Phi) is 12.2. The van der Waals surface area contributed by atoms with Gasteiger partial charge < -0.3 is 19.9 Å². The van der Waals surface area contributed by atoms with Crippen LogP contribution >= 0.6 is 0 Å². The van der Waals surface area contributed by atoms with Crippen LogP contribution in [-0.4, -0.2) is 60.5 Å². The second kappa shape index (κ2) is 15.8. The van der Waals surface area contributed by atoms with Crippen molar-refractivity contribution in [1.29, 1.82) is 0 Å². The van der Waals surface area contributed by atoms with Crippen LogP contribution in [0, 0.1) is 11.7 Å². The monoisotopic (exact) mass is 601 g/mol. The minimum atomic E-state index is -1.08. The molecule has 43 heavy (non-hydrogen) atoms. The zero-order valence-corrected chi connectivity index (χ0v) is 26.3. The van der Waals surface area contributed by atoms with Gasteiger partial charge in [0, 0.05) is 42.4 Å². The van der Waals surface area contributed by atoms with Crippen molar-refractivity contribution in [2.75, 3.05) is 33.4 Å². The number of ether oxygens (including phenoxy) is 2. The number of aromatic nitrogens is 1. The highest BCUT2D eigenvalue weighted by atomic mass is 19.1. The zero-order chi connectivity index (χ0) is 30.9. The number of hydrogen-bond donors (Lipinski definition) is 2. The number of methoxy groups -OCH3 is 1. The summed E-state index contributed by atoms with van der Waals surface area (Å²) >= 11 is 0. The number of halogens is 2. The van der Waals surface area contributed by atoms with Crippen molar-refractivity contribution in [3.63, 3.8) is 0 Å². The molecule has 0 radical (unpaired) electrons. The largest absolute Gasteiger partial charge is 0.496 e. The molecule has 2 fully saturated rings. The van der Waals surface area contributed by atoms with E-state index in [-0.39, 0.29) is 12.0 Å². The third-order valence-electron chi connectivity index (χ3n) is 9.15. The number of hydrogen-bond acceptors (Lipinski definition) is 6. The summed E-state index contributed by atoms with van der Waals surface area (Å²) in [6, 6.07) is 0.188. The Morgan fingerprint density at radius 1 is 1.28 bits per heavy atom. The van der Waals surface area contributed by atoms with E-state index in [9.17, 15) is 14.3 Å². The van der Waals surface area contributed by atoms with E-state index in [1.54, 1.807) is 12.0 Å². The minimum Gasteiger partial charge on any atom is -0.496 e. The highest BCUT2D eigenvalue weighted by molar-refractivity contribution is 5.76. The first kappa shape index (κ1) is 33.1. The topological polar surface area (TPSA) is 83.9 Å². The second-order valence-electron chi connectivity index (χ2n) is 12.4. The van der Waals surface area contributed by atoms with Gasteiger partial charge in [-0.05, 0) is 103 Å². The summed E-state index contributed by atoms with van der Waals surface area (Å²) in [4.78, 5) is 18.6. The minimum absolute atomic E-state index is 0.255. The molecule has 0 spiro atoms. The number of nitrogens with zero attached hydrogens (tertiary/aromatic N) is 2. The van der Waals surface area contributed by atoms with Crippen LogP contribution in [0.1, 0.15) is 108 Å². The highest BCUT2D eigenvalue weighted by Crippen LogP contribution is 2.37. The Balaban J connectivity index is 1.34. The molecule has 2 saturated heterocycles. The first-order valence-electron chi connectivity index (χ1n) is 15.9. The average molecular weight is 602 g/mol. The maximum Gasteiger partial charge on any atom is 0.325 e. The molecule has 3 aliphatic heterocycles. The summed E-state index contributed by atoms with van der Waals surface area (Å²) in [7, 11) is 1.71. The number of aliphatic carboxylic acids is 1. The first-order valence-corrected chi connectivity index (χ1v) is 15.9. The maximum absolute atomic E-state index is 15.5. The van der Waals surface area contributed by atoms with Crippen molar-refractivity contribution in [3.05, 3.63) is 63.6 Å². The van der Waals surface area contributed by atoms with Crippen LogP contribution < -0.4 is 5.32 Å². The molecule has 0 bridgehead atoms. The van der Waals surface area contributed by atoms with E-state index in [1.807, 2.05) is 0 Å². The molecule has 4 atom stereocenters. The summed E-state index contributed by atoms with van der Waals surface area (Å²) < 4.78 is 41.5. The lowest BCUT2D eigenvalue weighted by Gasteiger charge is -2.30. The van der Waals surface area contributed by atoms with Gasteiger partial charge in [0.15, 0.2) is 0 Å². The van der Waals surface area contributed by atoms with Crippen LogP contribution in [0.2, 0.25) is 0 Å². The van der Waals surface area contributed by atoms with Gasteiger partial charge in [-0.25, -0.2) is 8.78 Å². The van der Waals surface area contributed by atoms with Crippen molar-refractivity contribution in [1.82, 2.24) is 15.2 Å². The van der Waals surface area contributed by atoms with E-state index in [0.717, 1.165) is 75.6 Å². The van der Waals surface area contributed by atoms with Crippen molar-refractivity contribution >= 4 is 5.97 Å². The second-order valence-corrected chi connectivity index (χ2v) is 12.4. The number of pyridine rings is 1. The predicted molar refractivity (Wildman–Crippen MR) is 164 cm³/mol. The molecular formula is C34H49F2N3O4. The fourth-order valence-corrected chi connectivity index (χ4v) is 6.67. The van der Waals surface area contributed by atoms with Gasteiger partial charge >= 0.3 is 5.97 Å². The van der Waals surface area contributed by atoms with Gasteiger partial charge in [-0.2, -0.15) is 0 Å². The molecule has 1 aromatic heterocycles. The molecule has 3 unspecified atom stereocenters. The molecule has 0 saturated carbocycles. The number of rotatable bonds is 13. The SMILES string of the molecule is CO/C(=C/C(CCCCC(F)[C@@H]1CCN(C(C(=O)O)c2cc(F)cnc2C2CCCCO2)C1)=C(C)C)C1=C(C)NCCC1. The lowest BCUT2D eigenvalue weighted by molar-refractivity contribution is -0.143. The van der Waals surface area contributed by atoms with Gasteiger partial charge in [-0.15, -0.1) is 0 Å². The lowest BCUT2D eigenvalue weighted by atomic mass is 9.94. The fraction of sp³-hybridized carbons (Fsp3) is 0.647. The average Bonchev–Trinajstić information content (AvgIpc) is 3.47. The Bertz CT molecular complexity index is 1200. The smallest absolute Gasteiger partial charge is 0.325 e. The van der Waals surface area contributed by atoms with Crippen LogP contribution in [0.25, 0.3) is 0 Å². The molecule has 4 rings (SSSR count). The third-order valence-corrected chi connectivity index (χ3v) is 9.15. The maximum atomic E-state index is 15.5. The summed E-state index contributed by atoms with van der Waals surface area (Å²) in [6.45, 7) is 8.62. The van der Waals surface area contributed by atoms with Gasteiger partial charge in [-0.1, -0.05) is 12.0 Å². The van der Waals surface area contributed by atoms with Gasteiger partial charge in [-0.3, -0.25) is 14.7 Å². The van der Waals surface area contributed by atoms with Crippen molar-refractivity contribution in [2.24, 2.45) is 5.92 Å². The summed E-state index contributed by atoms with van der Waals surface area (Å²) in [5.74, 6) is -1.01. The fourth-order valence-electron chi connectivity index (χ4n) is 6.67. The van der Waals surface area contributed by atoms with E-state index in [1.165, 1.54) is 22.8 Å². The van der Waals surface area contributed by atoms with E-state index in [2.05, 4.69) is 37.1 Å². The number of unbranched alkanes of at least 4 members (excludes halogenated alkanes) is 1. The summed E-state index contributed by atoms with van der Waals surface area (Å²) in [5.41, 5.74) is 5.63. The van der Waals surface area contributed by atoms with Crippen LogP contribution in [0.15, 0.2) is 46.5 Å². The molecule has 3 aliphatic rings. The van der Waals surface area contributed by atoms with E-state index < -0.39 is 24.0 Å². The molecule has 238 valence electrons. The van der Waals surface area contributed by atoms with Gasteiger partial charge in [0.1, 0.15) is 23.8 Å². The number of carbonyl (C=O) groups is 1. The van der Waals surface area contributed by atoms with Crippen molar-refractivity contribution < 1.29 is 28.2 Å². The van der Waals surface area contributed by atoms with Gasteiger partial charge in [0.25, 0.3) is 0 Å². The van der Waals surface area contributed by atoms with Crippen LogP contribution in [0.4, 0.5) is 8.78 Å². The van der Waals surface area contributed by atoms with Crippen molar-refractivity contribution in [2.45, 2.75) is 103 Å². The number of carboxylic acid groups (broad SMARTS) is 1. The molecule has 4 heterocycles. The quantitative estimate of drug-likeness (QED) is 0.139. The number of nitrogens with one attached hydrogen (secondary N) is 1. The standard InChI is InChI=1S/C34H49F2N3O4/c1-22(2)24(18-31(42-4)27-11-9-15-37-23(27)3)10-5-6-12-29(36)25-14-16-39(21-25)33(34(40)41)28-19-26(35)20-38-32(28)30-13-7-8-17-43-30/h18-20,25,29-30,33,37H,5-17,21H2,1-4H3,(H,40,41)/b31-18+/t25-,29?,30?,33?/m1/s1. The molecule has 0 amide bonds. The molecule has 2 N–H and O–H groups in total. The molecular weight excluding hydrogens is 552 g/mol. The van der Waals surface area contributed by atoms with E-state index >= 15 is 4.39 Å². The van der Waals surface area contributed by atoms with Crippen LogP contribution in [0.5, 0.6) is 0 Å². The van der Waals surface area contributed by atoms with Gasteiger partial charge in [0.05, 0.1) is 25.1 Å². The van der Waals surface area contributed by atoms with Gasteiger partial charge in [0.2, 0.25) is 0 Å². The third kappa shape index (κ3) is 8.66. The Labute approximate surface area is 255 Å². The normalized spacial score (nSPS) is 23.1. The number of allylic oxidation sites excluding steroid dienone is 5. The molecule has 1 aromatic rings. The van der Waals surface area contributed by atoms with Crippen molar-refractivity contribution in [3.8, 4) is 0 Å². The number of likely N-dealkylation sites (tertiary alicyclic amines) is 1. The molecule has 9 heteroatoms.